The van der Waals surface area contributed by atoms with Gasteiger partial charge < -0.3 is 15.5 Å². The normalized spacial score (nSPS) is 22.2. The highest BCUT2D eigenvalue weighted by Crippen LogP contribution is 2.31. The highest BCUT2D eigenvalue weighted by molar-refractivity contribution is 9.10. The number of imide groups is 2. The second kappa shape index (κ2) is 12.0. The Morgan fingerprint density at radius 3 is 2.48 bits per heavy atom. The van der Waals surface area contributed by atoms with Crippen molar-refractivity contribution in [2.24, 2.45) is 7.05 Å². The molecule has 3 N–H and O–H groups in total. The van der Waals surface area contributed by atoms with Crippen molar-refractivity contribution >= 4 is 50.9 Å². The molecule has 6 rings (SSSR count). The first kappa shape index (κ1) is 29.7. The maximum atomic E-state index is 13.1. The van der Waals surface area contributed by atoms with Crippen molar-refractivity contribution in [1.82, 2.24) is 24.9 Å². The van der Waals surface area contributed by atoms with Crippen molar-refractivity contribution in [3.8, 4) is 0 Å². The number of nitrogens with one attached hydrogen (secondary N) is 3. The van der Waals surface area contributed by atoms with E-state index in [2.05, 4.69) is 73.2 Å². The van der Waals surface area contributed by atoms with Crippen LogP contribution < -0.4 is 21.5 Å². The smallest absolute Gasteiger partial charge is 0.282 e. The summed E-state index contributed by atoms with van der Waals surface area (Å²) < 4.78 is 1.77. The second-order valence-corrected chi connectivity index (χ2v) is 12.4. The van der Waals surface area contributed by atoms with E-state index in [0.717, 1.165) is 30.0 Å². The molecule has 2 fully saturated rings. The lowest BCUT2D eigenvalue weighted by Gasteiger charge is -2.37. The van der Waals surface area contributed by atoms with E-state index in [-0.39, 0.29) is 35.6 Å². The number of anilines is 2. The van der Waals surface area contributed by atoms with Crippen molar-refractivity contribution in [2.75, 3.05) is 30.8 Å². The summed E-state index contributed by atoms with van der Waals surface area (Å²) in [6, 6.07) is 12.6. The van der Waals surface area contributed by atoms with Crippen LogP contribution in [0, 0.1) is 0 Å². The zero-order chi connectivity index (χ0) is 31.1. The van der Waals surface area contributed by atoms with Gasteiger partial charge in [0, 0.05) is 44.8 Å². The number of hydrogen-bond acceptors (Lipinski definition) is 9. The monoisotopic (exact) mass is 661 g/mol. The topological polar surface area (TPSA) is 146 Å². The molecule has 3 aromatic rings. The van der Waals surface area contributed by atoms with Gasteiger partial charge in [-0.15, -0.1) is 0 Å². The molecule has 228 valence electrons. The molecule has 4 amide bonds. The van der Waals surface area contributed by atoms with E-state index in [1.807, 2.05) is 0 Å². The Kier molecular flexibility index (Phi) is 8.08. The van der Waals surface area contributed by atoms with E-state index in [9.17, 15) is 24.0 Å². The van der Waals surface area contributed by atoms with Crippen LogP contribution in [0.25, 0.3) is 0 Å². The summed E-state index contributed by atoms with van der Waals surface area (Å²) in [5, 5.41) is 13.2. The zero-order valence-corrected chi connectivity index (χ0v) is 25.9. The standard InChI is InChI=1S/C31H32BrN7O5/c1-37-15-19(11-21(16-37)35-24-14-34-38(2)31(44)27(24)32)18-5-3-17(4-6-18)13-33-20-7-8-22-23(12-20)30(43)39(29(22)42)25-9-10-26(40)36-28(25)41/h3-8,12,14,19,21,25,33,35H,9-11,13,15-16H2,1-2H3,(H,36,40,41)/t19-,21+,25?/m0/s1. The van der Waals surface area contributed by atoms with E-state index >= 15 is 0 Å². The van der Waals surface area contributed by atoms with Crippen LogP contribution in [0.4, 0.5) is 11.4 Å². The van der Waals surface area contributed by atoms with Gasteiger partial charge in [-0.1, -0.05) is 24.3 Å². The largest absolute Gasteiger partial charge is 0.381 e. The van der Waals surface area contributed by atoms with Gasteiger partial charge in [-0.25, -0.2) is 4.68 Å². The molecule has 4 heterocycles. The van der Waals surface area contributed by atoms with E-state index in [0.29, 0.717) is 28.3 Å². The molecular formula is C31H32BrN7O5. The Labute approximate surface area is 261 Å². The molecule has 0 aliphatic carbocycles. The fourth-order valence-electron chi connectivity index (χ4n) is 6.19. The maximum absolute atomic E-state index is 13.1. The predicted octanol–water partition coefficient (Wildman–Crippen LogP) is 2.46. The van der Waals surface area contributed by atoms with Crippen LogP contribution in [0.15, 0.2) is 57.9 Å². The number of aryl methyl sites for hydroxylation is 1. The molecule has 1 aromatic heterocycles. The summed E-state index contributed by atoms with van der Waals surface area (Å²) in [6.07, 6.45) is 2.77. The van der Waals surface area contributed by atoms with E-state index in [1.165, 1.54) is 10.2 Å². The summed E-state index contributed by atoms with van der Waals surface area (Å²) in [7, 11) is 3.71. The van der Waals surface area contributed by atoms with E-state index in [1.54, 1.807) is 31.4 Å². The number of piperidine rings is 2. The number of aromatic nitrogens is 2. The van der Waals surface area contributed by atoms with E-state index < -0.39 is 29.7 Å². The number of nitrogens with zero attached hydrogens (tertiary/aromatic N) is 4. The summed E-state index contributed by atoms with van der Waals surface area (Å²) in [6.45, 7) is 2.28. The molecule has 0 saturated carbocycles. The number of rotatable bonds is 7. The van der Waals surface area contributed by atoms with Gasteiger partial charge in [-0.3, -0.25) is 34.2 Å². The van der Waals surface area contributed by atoms with Gasteiger partial charge in [0.2, 0.25) is 11.8 Å². The average Bonchev–Trinajstić information content (AvgIpc) is 3.25. The molecule has 0 bridgehead atoms. The summed E-state index contributed by atoms with van der Waals surface area (Å²) in [5.41, 5.74) is 3.95. The molecule has 12 nitrogen and oxygen atoms in total. The first-order chi connectivity index (χ1) is 21.1. The molecule has 2 saturated heterocycles. The summed E-state index contributed by atoms with van der Waals surface area (Å²) in [4.78, 5) is 65.4. The maximum Gasteiger partial charge on any atom is 0.282 e. The van der Waals surface area contributed by atoms with Crippen molar-refractivity contribution < 1.29 is 19.2 Å². The number of hydrogen-bond donors (Lipinski definition) is 3. The minimum absolute atomic E-state index is 0.0794. The quantitative estimate of drug-likeness (QED) is 0.325. The molecule has 44 heavy (non-hydrogen) atoms. The highest BCUT2D eigenvalue weighted by Gasteiger charge is 2.44. The molecule has 0 radical (unpaired) electrons. The predicted molar refractivity (Wildman–Crippen MR) is 166 cm³/mol. The SMILES string of the molecule is CN1C[C@H](Nc2cnn(C)c(=O)c2Br)C[C@H](c2ccc(CNc3ccc4c(c3)C(=O)N(C3CCC(=O)NC3=O)C4=O)cc2)C1. The zero-order valence-electron chi connectivity index (χ0n) is 24.3. The third-order valence-electron chi connectivity index (χ3n) is 8.46. The Morgan fingerprint density at radius 2 is 1.73 bits per heavy atom. The molecule has 3 atom stereocenters. The molecule has 1 unspecified atom stereocenters. The number of fused-ring (bicyclic) bond motifs is 1. The van der Waals surface area contributed by atoms with Gasteiger partial charge >= 0.3 is 0 Å². The number of halogens is 1. The molecule has 2 aromatic carbocycles. The minimum Gasteiger partial charge on any atom is -0.381 e. The lowest BCUT2D eigenvalue weighted by atomic mass is 9.87. The molecule has 13 heteroatoms. The van der Waals surface area contributed by atoms with Crippen molar-refractivity contribution in [3.05, 3.63) is 85.7 Å². The number of amides is 4. The van der Waals surface area contributed by atoms with Crippen molar-refractivity contribution in [1.29, 1.82) is 0 Å². The number of likely N-dealkylation sites (tertiary alicyclic amines) is 1. The first-order valence-electron chi connectivity index (χ1n) is 14.4. The van der Waals surface area contributed by atoms with Crippen LogP contribution in [0.5, 0.6) is 0 Å². The number of likely N-dealkylation sites (N-methyl/N-ethyl adjacent to an activating group) is 1. The lowest BCUT2D eigenvalue weighted by Crippen LogP contribution is -2.54. The molecule has 0 spiro atoms. The van der Waals surface area contributed by atoms with Gasteiger partial charge in [0.25, 0.3) is 17.4 Å². The third-order valence-corrected chi connectivity index (χ3v) is 9.22. The Hall–Kier alpha value is -4.36. The third kappa shape index (κ3) is 5.76. The van der Waals surface area contributed by atoms with Crippen LogP contribution in [-0.4, -0.2) is 75.4 Å². The van der Waals surface area contributed by atoms with Crippen LogP contribution in [-0.2, 0) is 23.2 Å². The Balaban J connectivity index is 1.08. The minimum atomic E-state index is -0.990. The van der Waals surface area contributed by atoms with Crippen LogP contribution in [0.2, 0.25) is 0 Å². The van der Waals surface area contributed by atoms with Gasteiger partial charge in [0.15, 0.2) is 0 Å². The van der Waals surface area contributed by atoms with Gasteiger partial charge in [-0.05, 0) is 71.1 Å². The van der Waals surface area contributed by atoms with Crippen molar-refractivity contribution in [2.45, 2.75) is 43.8 Å². The Morgan fingerprint density at radius 1 is 0.977 bits per heavy atom. The number of carbonyl (C=O) groups is 4. The van der Waals surface area contributed by atoms with E-state index in [4.69, 9.17) is 0 Å². The van der Waals surface area contributed by atoms with Gasteiger partial charge in [-0.2, -0.15) is 5.10 Å². The summed E-state index contributed by atoms with van der Waals surface area (Å²) >= 11 is 3.40. The number of carbonyl (C=O) groups excluding carboxylic acids is 4. The van der Waals surface area contributed by atoms with Crippen LogP contribution >= 0.6 is 15.9 Å². The fourth-order valence-corrected chi connectivity index (χ4v) is 6.66. The average molecular weight is 663 g/mol. The fraction of sp³-hybridized carbons (Fsp3) is 0.355. The molecular weight excluding hydrogens is 630 g/mol. The molecule has 3 aliphatic heterocycles. The lowest BCUT2D eigenvalue weighted by molar-refractivity contribution is -0.136. The Bertz CT molecular complexity index is 1720. The first-order valence-corrected chi connectivity index (χ1v) is 15.2. The second-order valence-electron chi connectivity index (χ2n) is 11.6. The van der Waals surface area contributed by atoms with Crippen LogP contribution in [0.3, 0.4) is 0 Å². The van der Waals surface area contributed by atoms with Crippen molar-refractivity contribution in [3.63, 3.8) is 0 Å². The molecule has 3 aliphatic rings. The number of benzene rings is 2. The van der Waals surface area contributed by atoms with Gasteiger partial charge in [0.1, 0.15) is 10.5 Å². The van der Waals surface area contributed by atoms with Gasteiger partial charge in [0.05, 0.1) is 23.0 Å². The highest BCUT2D eigenvalue weighted by atomic mass is 79.9. The summed E-state index contributed by atoms with van der Waals surface area (Å²) in [5.74, 6) is -1.78. The van der Waals surface area contributed by atoms with Crippen LogP contribution in [0.1, 0.15) is 57.0 Å².